The minimum absolute atomic E-state index is 0.00494. The summed E-state index contributed by atoms with van der Waals surface area (Å²) in [5, 5.41) is 13.5. The SMILES string of the molecule is Cn1cnc(S[C@H]2[C@H]3C(=O)C=C4S[C@H]5C[C@]42C2=C(N5)C(=O)c4[nH]cc5c4C2N3CC5)c1C[C@H](N)C(=O)O. The molecule has 1 unspecified atom stereocenters. The Hall–Kier alpha value is -2.80. The van der Waals surface area contributed by atoms with Gasteiger partial charge in [0.1, 0.15) is 11.1 Å². The lowest BCUT2D eigenvalue weighted by Crippen LogP contribution is -2.66. The van der Waals surface area contributed by atoms with Gasteiger partial charge in [0.25, 0.3) is 0 Å². The van der Waals surface area contributed by atoms with Crippen LogP contribution in [0.1, 0.15) is 39.8 Å². The van der Waals surface area contributed by atoms with E-state index in [1.54, 1.807) is 29.9 Å². The van der Waals surface area contributed by atoms with Crippen LogP contribution in [0.3, 0.4) is 0 Å². The Bertz CT molecular complexity index is 1520. The van der Waals surface area contributed by atoms with Crippen molar-refractivity contribution in [3.05, 3.63) is 57.3 Å². The highest BCUT2D eigenvalue weighted by atomic mass is 32.2. The van der Waals surface area contributed by atoms with Crippen LogP contribution < -0.4 is 11.1 Å². The molecule has 3 bridgehead atoms. The average molecular weight is 537 g/mol. The summed E-state index contributed by atoms with van der Waals surface area (Å²) in [5.74, 6) is -0.966. The second-order valence-electron chi connectivity index (χ2n) is 10.7. The lowest BCUT2D eigenvalue weighted by Gasteiger charge is -2.60. The molecule has 0 amide bonds. The molecule has 12 heteroatoms. The number of imidazole rings is 1. The summed E-state index contributed by atoms with van der Waals surface area (Å²) in [4.78, 5) is 50.3. The number of hydrogen-bond donors (Lipinski definition) is 4. The van der Waals surface area contributed by atoms with Gasteiger partial charge in [-0.1, -0.05) is 11.8 Å². The van der Waals surface area contributed by atoms with Crippen molar-refractivity contribution in [2.75, 3.05) is 6.54 Å². The minimum atomic E-state index is -1.06. The van der Waals surface area contributed by atoms with E-state index in [2.05, 4.69) is 20.2 Å². The molecule has 6 atom stereocenters. The van der Waals surface area contributed by atoms with Crippen LogP contribution in [0.25, 0.3) is 0 Å². The summed E-state index contributed by atoms with van der Waals surface area (Å²) >= 11 is 3.22. The molecule has 6 heterocycles. The van der Waals surface area contributed by atoms with E-state index in [0.717, 1.165) is 46.7 Å². The first-order valence-electron chi connectivity index (χ1n) is 12.4. The van der Waals surface area contributed by atoms with Crippen molar-refractivity contribution in [3.8, 4) is 0 Å². The van der Waals surface area contributed by atoms with Gasteiger partial charge in [0, 0.05) is 47.3 Å². The smallest absolute Gasteiger partial charge is 0.320 e. The number of rotatable bonds is 5. The number of carbonyl (C=O) groups is 3. The molecule has 4 aliphatic heterocycles. The predicted molar refractivity (Wildman–Crippen MR) is 136 cm³/mol. The van der Waals surface area contributed by atoms with Crippen LogP contribution in [0.15, 0.2) is 39.8 Å². The van der Waals surface area contributed by atoms with Gasteiger partial charge in [-0.25, -0.2) is 4.98 Å². The summed E-state index contributed by atoms with van der Waals surface area (Å²) in [6.45, 7) is 0.724. The highest BCUT2D eigenvalue weighted by Gasteiger charge is 2.69. The molecule has 6 aliphatic rings. The first-order valence-corrected chi connectivity index (χ1v) is 14.1. The molecule has 2 aliphatic carbocycles. The monoisotopic (exact) mass is 536 g/mol. The number of nitrogens with one attached hydrogen (secondary N) is 2. The van der Waals surface area contributed by atoms with Gasteiger partial charge < -0.3 is 25.7 Å². The standard InChI is InChI=1S/C25H24N6O4S2/c1-30-8-28-23(11(30)4-10(26)24(34)35)37-22-19-12(32)5-13-25(22)6-14(36-13)29-18-16(25)20-15-9(2-3-31(19)20)7-27-17(15)21(18)33/h5,7-8,10,14,19-20,22,27,29H,2-4,6,26H2,1H3,(H,34,35)/t10-,14-,19+,20?,22-,25+/m0/s1. The summed E-state index contributed by atoms with van der Waals surface area (Å²) in [6, 6.07) is -1.52. The fraction of sp³-hybridized carbons (Fsp3) is 0.440. The number of fused-ring (bicyclic) bond motifs is 3. The predicted octanol–water partition coefficient (Wildman–Crippen LogP) is 1.11. The topological polar surface area (TPSA) is 146 Å². The normalized spacial score (nSPS) is 33.4. The third-order valence-corrected chi connectivity index (χ3v) is 11.7. The molecule has 5 N–H and O–H groups in total. The van der Waals surface area contributed by atoms with Gasteiger partial charge in [0.15, 0.2) is 5.78 Å². The first kappa shape index (κ1) is 22.2. The second kappa shape index (κ2) is 7.19. The fourth-order valence-corrected chi connectivity index (χ4v) is 10.7. The molecule has 37 heavy (non-hydrogen) atoms. The van der Waals surface area contributed by atoms with E-state index in [1.807, 2.05) is 23.9 Å². The number of carbonyl (C=O) groups excluding carboxylic acids is 2. The maximum atomic E-state index is 13.8. The molecule has 0 saturated carbocycles. The number of Topliss-reactive ketones (excluding diaryl/α,β-unsaturated/α-hetero) is 1. The highest BCUT2D eigenvalue weighted by molar-refractivity contribution is 8.04. The van der Waals surface area contributed by atoms with Crippen molar-refractivity contribution in [2.24, 2.45) is 18.2 Å². The number of aryl methyl sites for hydroxylation is 1. The van der Waals surface area contributed by atoms with Crippen molar-refractivity contribution in [2.45, 2.75) is 53.0 Å². The van der Waals surface area contributed by atoms with Gasteiger partial charge in [0.05, 0.1) is 40.9 Å². The van der Waals surface area contributed by atoms with Crippen molar-refractivity contribution >= 4 is 41.1 Å². The Morgan fingerprint density at radius 2 is 2.27 bits per heavy atom. The van der Waals surface area contributed by atoms with Gasteiger partial charge in [-0.05, 0) is 30.1 Å². The summed E-state index contributed by atoms with van der Waals surface area (Å²) in [6.07, 6.45) is 7.18. The number of piperidine rings is 1. The third kappa shape index (κ3) is 2.61. The molecule has 2 saturated heterocycles. The highest BCUT2D eigenvalue weighted by Crippen LogP contribution is 2.71. The van der Waals surface area contributed by atoms with E-state index in [1.165, 1.54) is 0 Å². The van der Waals surface area contributed by atoms with Gasteiger partial charge in [-0.2, -0.15) is 0 Å². The number of aliphatic carboxylic acids is 1. The molecular weight excluding hydrogens is 512 g/mol. The van der Waals surface area contributed by atoms with E-state index in [9.17, 15) is 19.5 Å². The van der Waals surface area contributed by atoms with Crippen LogP contribution in [0.5, 0.6) is 0 Å². The molecule has 10 nitrogen and oxygen atoms in total. The zero-order valence-electron chi connectivity index (χ0n) is 19.9. The maximum absolute atomic E-state index is 13.8. The van der Waals surface area contributed by atoms with Crippen LogP contribution in [-0.4, -0.2) is 71.3 Å². The average Bonchev–Trinajstić information content (AvgIpc) is 3.52. The number of aromatic nitrogens is 3. The van der Waals surface area contributed by atoms with Gasteiger partial charge in [0.2, 0.25) is 5.78 Å². The Labute approximate surface area is 220 Å². The number of hydrogen-bond acceptors (Lipinski definition) is 9. The van der Waals surface area contributed by atoms with Crippen molar-refractivity contribution < 1.29 is 19.5 Å². The van der Waals surface area contributed by atoms with Gasteiger partial charge >= 0.3 is 5.97 Å². The number of carboxylic acids is 1. The summed E-state index contributed by atoms with van der Waals surface area (Å²) in [5.41, 5.74) is 10.8. The van der Waals surface area contributed by atoms with Crippen LogP contribution in [0.4, 0.5) is 0 Å². The molecular formula is C25H24N6O4S2. The van der Waals surface area contributed by atoms with E-state index in [4.69, 9.17) is 5.73 Å². The van der Waals surface area contributed by atoms with Crippen LogP contribution in [0.2, 0.25) is 0 Å². The molecule has 2 aromatic heterocycles. The molecule has 0 radical (unpaired) electrons. The van der Waals surface area contributed by atoms with E-state index < -0.39 is 17.4 Å². The lowest BCUT2D eigenvalue weighted by molar-refractivity contribution is -0.138. The van der Waals surface area contributed by atoms with E-state index in [0.29, 0.717) is 16.4 Å². The maximum Gasteiger partial charge on any atom is 0.320 e. The molecule has 2 fully saturated rings. The number of thioether (sulfide) groups is 2. The number of ketones is 2. The Kier molecular flexibility index (Phi) is 4.31. The number of nitrogens with two attached hydrogens (primary N) is 1. The molecule has 190 valence electrons. The number of H-pyrrole nitrogens is 1. The minimum Gasteiger partial charge on any atom is -0.480 e. The van der Waals surface area contributed by atoms with E-state index >= 15 is 0 Å². The second-order valence-corrected chi connectivity index (χ2v) is 13.1. The Morgan fingerprint density at radius 3 is 3.08 bits per heavy atom. The Balaban J connectivity index is 1.32. The van der Waals surface area contributed by atoms with Crippen molar-refractivity contribution in [3.63, 3.8) is 0 Å². The number of nitrogens with zero attached hydrogens (tertiary/aromatic N) is 3. The molecule has 8 rings (SSSR count). The van der Waals surface area contributed by atoms with Crippen LogP contribution in [-0.2, 0) is 29.5 Å². The van der Waals surface area contributed by atoms with Crippen molar-refractivity contribution in [1.29, 1.82) is 0 Å². The van der Waals surface area contributed by atoms with Crippen LogP contribution in [0, 0.1) is 5.41 Å². The lowest BCUT2D eigenvalue weighted by atomic mass is 9.57. The molecule has 0 aromatic carbocycles. The van der Waals surface area contributed by atoms with E-state index in [-0.39, 0.29) is 40.7 Å². The quantitative estimate of drug-likeness (QED) is 0.438. The van der Waals surface area contributed by atoms with Gasteiger partial charge in [-0.3, -0.25) is 19.3 Å². The zero-order chi connectivity index (χ0) is 25.4. The number of aromatic amines is 1. The van der Waals surface area contributed by atoms with Crippen LogP contribution >= 0.6 is 23.5 Å². The zero-order valence-corrected chi connectivity index (χ0v) is 21.5. The summed E-state index contributed by atoms with van der Waals surface area (Å²) < 4.78 is 1.82. The first-order chi connectivity index (χ1) is 17.8. The summed E-state index contributed by atoms with van der Waals surface area (Å²) in [7, 11) is 1.84. The number of carboxylic acid groups (broad SMARTS) is 1. The molecule has 2 aromatic rings. The number of allylic oxidation sites excluding steroid dienone is 2. The largest absolute Gasteiger partial charge is 0.480 e. The van der Waals surface area contributed by atoms with Crippen molar-refractivity contribution in [1.82, 2.24) is 24.8 Å². The Morgan fingerprint density at radius 1 is 1.43 bits per heavy atom. The third-order valence-electron chi connectivity index (χ3n) is 8.93. The van der Waals surface area contributed by atoms with Gasteiger partial charge in [-0.15, -0.1) is 11.8 Å². The molecule has 1 spiro atoms. The fourth-order valence-electron chi connectivity index (χ4n) is 7.40.